The van der Waals surface area contributed by atoms with Crippen molar-refractivity contribution < 1.29 is 24.9 Å². The van der Waals surface area contributed by atoms with Gasteiger partial charge in [-0.1, -0.05) is 51.1 Å². The summed E-state index contributed by atoms with van der Waals surface area (Å²) in [4.78, 5) is 15.3. The number of amides is 1. The Hall–Kier alpha value is -1.47. The van der Waals surface area contributed by atoms with Crippen molar-refractivity contribution in [3.05, 3.63) is 35.9 Å². The van der Waals surface area contributed by atoms with Crippen molar-refractivity contribution in [3.8, 4) is 0 Å². The molecule has 0 aromatic heterocycles. The van der Waals surface area contributed by atoms with Gasteiger partial charge in [-0.15, -0.1) is 0 Å². The van der Waals surface area contributed by atoms with Crippen LogP contribution in [0, 0.1) is 46.3 Å². The molecule has 12 unspecified atom stereocenters. The van der Waals surface area contributed by atoms with Crippen LogP contribution in [0.15, 0.2) is 30.3 Å². The maximum atomic E-state index is 13.3. The molecule has 0 spiro atoms. The lowest BCUT2D eigenvalue weighted by Crippen LogP contribution is -2.62. The van der Waals surface area contributed by atoms with Crippen LogP contribution in [-0.4, -0.2) is 64.1 Å². The summed E-state index contributed by atoms with van der Waals surface area (Å²) in [6.45, 7) is 8.80. The van der Waals surface area contributed by atoms with Crippen LogP contribution in [0.3, 0.4) is 0 Å². The third-order valence-corrected chi connectivity index (χ3v) is 12.9. The Morgan fingerprint density at radius 3 is 2.60 bits per heavy atom. The van der Waals surface area contributed by atoms with Gasteiger partial charge in [0.1, 0.15) is 6.10 Å². The third-order valence-electron chi connectivity index (χ3n) is 12.9. The number of aliphatic hydroxyl groups is 3. The van der Waals surface area contributed by atoms with Crippen LogP contribution in [0.4, 0.5) is 0 Å². The maximum Gasteiger partial charge on any atom is 0.222 e. The summed E-state index contributed by atoms with van der Waals surface area (Å²) in [5, 5.41) is 33.7. The quantitative estimate of drug-likeness (QED) is 0.479. The highest BCUT2D eigenvalue weighted by molar-refractivity contribution is 5.76. The number of rotatable bonds is 5. The molecule has 1 aliphatic heterocycles. The molecule has 3 N–H and O–H groups in total. The fraction of sp³-hybridized carbons (Fsp3) is 0.794. The van der Waals surface area contributed by atoms with Gasteiger partial charge in [0, 0.05) is 13.0 Å². The summed E-state index contributed by atoms with van der Waals surface area (Å²) >= 11 is 0. The molecule has 1 aromatic rings. The van der Waals surface area contributed by atoms with Gasteiger partial charge in [0.2, 0.25) is 5.91 Å². The number of aliphatic hydroxyl groups excluding tert-OH is 3. The van der Waals surface area contributed by atoms with Crippen molar-refractivity contribution in [2.75, 3.05) is 19.7 Å². The molecule has 1 saturated heterocycles. The first kappa shape index (κ1) is 28.6. The lowest BCUT2D eigenvalue weighted by molar-refractivity contribution is -0.207. The van der Waals surface area contributed by atoms with Crippen LogP contribution in [-0.2, 0) is 9.53 Å². The topological polar surface area (TPSA) is 90.2 Å². The molecule has 5 aliphatic rings. The van der Waals surface area contributed by atoms with Crippen molar-refractivity contribution in [3.63, 3.8) is 0 Å². The minimum absolute atomic E-state index is 0.0630. The van der Waals surface area contributed by atoms with Crippen LogP contribution in [0.1, 0.15) is 90.2 Å². The number of carbonyl (C=O) groups is 1. The van der Waals surface area contributed by atoms with Gasteiger partial charge in [0.05, 0.1) is 31.5 Å². The number of hydrogen-bond donors (Lipinski definition) is 3. The molecule has 6 nitrogen and oxygen atoms in total. The Kier molecular flexibility index (Phi) is 7.86. The van der Waals surface area contributed by atoms with E-state index in [1.54, 1.807) is 0 Å². The van der Waals surface area contributed by atoms with Gasteiger partial charge in [-0.3, -0.25) is 4.79 Å². The van der Waals surface area contributed by atoms with Crippen molar-refractivity contribution in [1.82, 2.24) is 4.90 Å². The Balaban J connectivity index is 1.11. The van der Waals surface area contributed by atoms with Crippen LogP contribution >= 0.6 is 0 Å². The molecule has 0 bridgehead atoms. The van der Waals surface area contributed by atoms with E-state index in [2.05, 4.69) is 32.9 Å². The fourth-order valence-electron chi connectivity index (χ4n) is 10.6. The molecule has 6 heteroatoms. The molecule has 12 atom stereocenters. The van der Waals surface area contributed by atoms with E-state index >= 15 is 0 Å². The number of nitrogens with zero attached hydrogens (tertiary/aromatic N) is 1. The second-order valence-electron chi connectivity index (χ2n) is 14.7. The van der Waals surface area contributed by atoms with Crippen molar-refractivity contribution in [2.24, 2.45) is 46.3 Å². The number of ether oxygens (including phenoxy) is 1. The Morgan fingerprint density at radius 1 is 1.05 bits per heavy atom. The molecule has 4 saturated carbocycles. The number of hydrogen-bond acceptors (Lipinski definition) is 5. The molecule has 1 heterocycles. The molecule has 1 amide bonds. The second kappa shape index (κ2) is 11.0. The summed E-state index contributed by atoms with van der Waals surface area (Å²) in [5.41, 5.74) is 0.994. The van der Waals surface area contributed by atoms with E-state index in [4.69, 9.17) is 4.74 Å². The van der Waals surface area contributed by atoms with Crippen LogP contribution in [0.5, 0.6) is 0 Å². The molecule has 6 rings (SSSR count). The third kappa shape index (κ3) is 4.75. The first-order valence-corrected chi connectivity index (χ1v) is 16.1. The highest BCUT2D eigenvalue weighted by Gasteiger charge is 2.65. The van der Waals surface area contributed by atoms with E-state index in [1.165, 1.54) is 0 Å². The van der Waals surface area contributed by atoms with E-state index < -0.39 is 0 Å². The predicted molar refractivity (Wildman–Crippen MR) is 154 cm³/mol. The van der Waals surface area contributed by atoms with E-state index in [-0.39, 0.29) is 47.1 Å². The van der Waals surface area contributed by atoms with Gasteiger partial charge in [-0.2, -0.15) is 0 Å². The molecule has 4 aliphatic carbocycles. The lowest BCUT2D eigenvalue weighted by Gasteiger charge is -2.63. The summed E-state index contributed by atoms with van der Waals surface area (Å²) in [6, 6.07) is 10.2. The number of benzene rings is 1. The summed E-state index contributed by atoms with van der Waals surface area (Å²) < 4.78 is 5.98. The zero-order chi connectivity index (χ0) is 28.2. The van der Waals surface area contributed by atoms with Gasteiger partial charge in [-0.05, 0) is 103 Å². The molecular weight excluding hydrogens is 502 g/mol. The minimum atomic E-state index is -0.384. The number of carbonyl (C=O) groups excluding carboxylic acids is 1. The normalized spacial score (nSPS) is 45.8. The fourth-order valence-corrected chi connectivity index (χ4v) is 10.6. The van der Waals surface area contributed by atoms with E-state index in [0.29, 0.717) is 55.7 Å². The minimum Gasteiger partial charge on any atom is -0.393 e. The average molecular weight is 554 g/mol. The maximum absolute atomic E-state index is 13.3. The van der Waals surface area contributed by atoms with E-state index in [1.807, 2.05) is 23.1 Å². The molecule has 0 radical (unpaired) electrons. The highest BCUT2D eigenvalue weighted by Crippen LogP contribution is 2.68. The van der Waals surface area contributed by atoms with E-state index in [0.717, 1.165) is 56.9 Å². The van der Waals surface area contributed by atoms with Crippen LogP contribution in [0.25, 0.3) is 0 Å². The zero-order valence-electron chi connectivity index (χ0n) is 24.8. The van der Waals surface area contributed by atoms with Crippen LogP contribution in [0.2, 0.25) is 0 Å². The van der Waals surface area contributed by atoms with Gasteiger partial charge in [-0.25, -0.2) is 0 Å². The molecular formula is C34H51NO5. The Morgan fingerprint density at radius 2 is 1.82 bits per heavy atom. The molecule has 222 valence electrons. The average Bonchev–Trinajstić information content (AvgIpc) is 3.32. The Bertz CT molecular complexity index is 1050. The summed E-state index contributed by atoms with van der Waals surface area (Å²) in [7, 11) is 0. The van der Waals surface area contributed by atoms with Gasteiger partial charge in [0.25, 0.3) is 0 Å². The smallest absolute Gasteiger partial charge is 0.222 e. The predicted octanol–water partition coefficient (Wildman–Crippen LogP) is 4.96. The standard InChI is InChI=1S/C34H51NO5/c1-21(9-12-31(39)35-15-16-40-29(20-35)22-7-5-4-6-8-22)25-10-11-26-32-27(19-30(38)34(25,26)3)33(2)14-13-24(36)17-23(33)18-28(32)37/h4-8,21,23-30,32,36-38H,9-20H2,1-3H3. The second-order valence-corrected chi connectivity index (χ2v) is 14.7. The van der Waals surface area contributed by atoms with Crippen LogP contribution < -0.4 is 0 Å². The van der Waals surface area contributed by atoms with Crippen molar-refractivity contribution in [1.29, 1.82) is 0 Å². The summed E-state index contributed by atoms with van der Waals surface area (Å²) in [5.74, 6) is 2.10. The summed E-state index contributed by atoms with van der Waals surface area (Å²) in [6.07, 6.45) is 6.62. The first-order valence-electron chi connectivity index (χ1n) is 16.1. The van der Waals surface area contributed by atoms with Gasteiger partial charge >= 0.3 is 0 Å². The van der Waals surface area contributed by atoms with Gasteiger partial charge in [0.15, 0.2) is 0 Å². The molecule has 1 aromatic carbocycles. The lowest BCUT2D eigenvalue weighted by atomic mass is 9.43. The number of fused-ring (bicyclic) bond motifs is 5. The molecule has 5 fully saturated rings. The SMILES string of the molecule is CC(CCC(=O)N1CCOC(c2ccccc2)C1)C1CCC2C3C(O)CC4CC(O)CCC4(C)C3CC(O)C12C. The Labute approximate surface area is 240 Å². The highest BCUT2D eigenvalue weighted by atomic mass is 16.5. The zero-order valence-corrected chi connectivity index (χ0v) is 24.8. The monoisotopic (exact) mass is 553 g/mol. The number of morpholine rings is 1. The van der Waals surface area contributed by atoms with Gasteiger partial charge < -0.3 is 25.0 Å². The van der Waals surface area contributed by atoms with Crippen molar-refractivity contribution in [2.45, 2.75) is 103 Å². The van der Waals surface area contributed by atoms with Crippen molar-refractivity contribution >= 4 is 5.91 Å². The molecule has 40 heavy (non-hydrogen) atoms. The largest absolute Gasteiger partial charge is 0.393 e. The first-order chi connectivity index (χ1) is 19.1. The van der Waals surface area contributed by atoms with E-state index in [9.17, 15) is 20.1 Å².